The van der Waals surface area contributed by atoms with E-state index in [4.69, 9.17) is 5.73 Å². The predicted molar refractivity (Wildman–Crippen MR) is 86.4 cm³/mol. The van der Waals surface area contributed by atoms with Crippen molar-refractivity contribution < 1.29 is 0 Å². The van der Waals surface area contributed by atoms with E-state index in [0.29, 0.717) is 6.04 Å². The largest absolute Gasteiger partial charge is 0.327 e. The Morgan fingerprint density at radius 1 is 1.00 bits per heavy atom. The molecule has 0 amide bonds. The first-order valence-electron chi connectivity index (χ1n) is 8.76. The molecule has 0 radical (unpaired) electrons. The molecule has 1 aliphatic rings. The van der Waals surface area contributed by atoms with E-state index in [1.807, 2.05) is 0 Å². The lowest BCUT2D eigenvalue weighted by Gasteiger charge is -2.20. The van der Waals surface area contributed by atoms with Crippen LogP contribution >= 0.6 is 0 Å². The SMILES string of the molecule is CCCCCCCCCCCC=C1CCCC(N)C1. The molecule has 1 rings (SSSR count). The highest BCUT2D eigenvalue weighted by atomic mass is 14.6. The minimum Gasteiger partial charge on any atom is -0.327 e. The highest BCUT2D eigenvalue weighted by molar-refractivity contribution is 5.06. The van der Waals surface area contributed by atoms with Crippen LogP contribution in [0.25, 0.3) is 0 Å². The van der Waals surface area contributed by atoms with Crippen LogP contribution in [0.2, 0.25) is 0 Å². The second-order valence-corrected chi connectivity index (χ2v) is 6.34. The number of nitrogens with two attached hydrogens (primary N) is 1. The zero-order valence-electron chi connectivity index (χ0n) is 13.1. The van der Waals surface area contributed by atoms with Gasteiger partial charge in [0.1, 0.15) is 0 Å². The monoisotopic (exact) mass is 265 g/mol. The molecule has 19 heavy (non-hydrogen) atoms. The molecule has 0 bridgehead atoms. The van der Waals surface area contributed by atoms with Gasteiger partial charge in [-0.2, -0.15) is 0 Å². The van der Waals surface area contributed by atoms with Gasteiger partial charge in [-0.1, -0.05) is 69.9 Å². The topological polar surface area (TPSA) is 26.0 Å². The molecule has 0 heterocycles. The van der Waals surface area contributed by atoms with E-state index in [1.54, 1.807) is 5.57 Å². The van der Waals surface area contributed by atoms with Crippen LogP contribution in [0.15, 0.2) is 11.6 Å². The van der Waals surface area contributed by atoms with Gasteiger partial charge < -0.3 is 5.73 Å². The zero-order valence-corrected chi connectivity index (χ0v) is 13.1. The molecule has 0 spiro atoms. The predicted octanol–water partition coefficient (Wildman–Crippen LogP) is 5.74. The fourth-order valence-electron chi connectivity index (χ4n) is 3.08. The first-order valence-corrected chi connectivity index (χ1v) is 8.76. The molecule has 1 nitrogen and oxygen atoms in total. The second kappa shape index (κ2) is 11.5. The summed E-state index contributed by atoms with van der Waals surface area (Å²) >= 11 is 0. The van der Waals surface area contributed by atoms with Gasteiger partial charge in [-0.15, -0.1) is 0 Å². The van der Waals surface area contributed by atoms with E-state index in [1.165, 1.54) is 83.5 Å². The lowest BCUT2D eigenvalue weighted by atomic mass is 9.90. The zero-order chi connectivity index (χ0) is 13.8. The Morgan fingerprint density at radius 2 is 1.63 bits per heavy atom. The van der Waals surface area contributed by atoms with E-state index in [9.17, 15) is 0 Å². The third-order valence-electron chi connectivity index (χ3n) is 4.34. The molecule has 1 atom stereocenters. The maximum absolute atomic E-state index is 6.00. The number of unbranched alkanes of at least 4 members (excludes halogenated alkanes) is 9. The summed E-state index contributed by atoms with van der Waals surface area (Å²) in [6.07, 6.45) is 21.6. The third kappa shape index (κ3) is 9.27. The number of allylic oxidation sites excluding steroid dienone is 1. The van der Waals surface area contributed by atoms with Crippen LogP contribution in [0.3, 0.4) is 0 Å². The van der Waals surface area contributed by atoms with Crippen molar-refractivity contribution in [3.05, 3.63) is 11.6 Å². The van der Waals surface area contributed by atoms with Gasteiger partial charge in [-0.3, -0.25) is 0 Å². The van der Waals surface area contributed by atoms with Gasteiger partial charge in [-0.25, -0.2) is 0 Å². The maximum atomic E-state index is 6.00. The summed E-state index contributed by atoms with van der Waals surface area (Å²) in [6.45, 7) is 2.29. The Balaban J connectivity index is 1.86. The quantitative estimate of drug-likeness (QED) is 0.396. The Bertz CT molecular complexity index is 232. The average molecular weight is 265 g/mol. The number of rotatable bonds is 10. The van der Waals surface area contributed by atoms with Crippen LogP contribution in [0.4, 0.5) is 0 Å². The van der Waals surface area contributed by atoms with Crippen LogP contribution < -0.4 is 5.73 Å². The average Bonchev–Trinajstić information content (AvgIpc) is 2.41. The molecule has 0 aromatic carbocycles. The summed E-state index contributed by atoms with van der Waals surface area (Å²) < 4.78 is 0. The van der Waals surface area contributed by atoms with Crippen molar-refractivity contribution in [1.82, 2.24) is 0 Å². The van der Waals surface area contributed by atoms with Crippen LogP contribution in [0.1, 0.15) is 96.8 Å². The van der Waals surface area contributed by atoms with Crippen LogP contribution in [0.5, 0.6) is 0 Å². The fraction of sp³-hybridized carbons (Fsp3) is 0.889. The van der Waals surface area contributed by atoms with Crippen molar-refractivity contribution in [2.75, 3.05) is 0 Å². The third-order valence-corrected chi connectivity index (χ3v) is 4.34. The molecule has 0 aromatic rings. The first kappa shape index (κ1) is 16.8. The van der Waals surface area contributed by atoms with Crippen molar-refractivity contribution in [3.63, 3.8) is 0 Å². The van der Waals surface area contributed by atoms with E-state index in [-0.39, 0.29) is 0 Å². The molecule has 1 saturated carbocycles. The Labute approximate surface area is 121 Å². The van der Waals surface area contributed by atoms with Gasteiger partial charge in [0.05, 0.1) is 0 Å². The van der Waals surface area contributed by atoms with Gasteiger partial charge in [0.25, 0.3) is 0 Å². The molecular formula is C18H35N. The Kier molecular flexibility index (Phi) is 10.2. The summed E-state index contributed by atoms with van der Waals surface area (Å²) in [4.78, 5) is 0. The number of hydrogen-bond donors (Lipinski definition) is 1. The maximum Gasteiger partial charge on any atom is 0.00761 e. The van der Waals surface area contributed by atoms with Crippen molar-refractivity contribution in [1.29, 1.82) is 0 Å². The molecule has 1 heteroatoms. The molecule has 1 fully saturated rings. The summed E-state index contributed by atoms with van der Waals surface area (Å²) in [7, 11) is 0. The van der Waals surface area contributed by atoms with E-state index < -0.39 is 0 Å². The molecule has 1 aliphatic carbocycles. The van der Waals surface area contributed by atoms with Gasteiger partial charge in [0.2, 0.25) is 0 Å². The summed E-state index contributed by atoms with van der Waals surface area (Å²) in [5, 5.41) is 0. The highest BCUT2D eigenvalue weighted by Gasteiger charge is 2.11. The molecule has 2 N–H and O–H groups in total. The van der Waals surface area contributed by atoms with Crippen LogP contribution in [0, 0.1) is 0 Å². The molecule has 0 saturated heterocycles. The van der Waals surface area contributed by atoms with Gasteiger partial charge >= 0.3 is 0 Å². The molecule has 1 unspecified atom stereocenters. The van der Waals surface area contributed by atoms with Crippen molar-refractivity contribution in [3.8, 4) is 0 Å². The van der Waals surface area contributed by atoms with E-state index >= 15 is 0 Å². The second-order valence-electron chi connectivity index (χ2n) is 6.34. The fourth-order valence-corrected chi connectivity index (χ4v) is 3.08. The van der Waals surface area contributed by atoms with Gasteiger partial charge in [0.15, 0.2) is 0 Å². The lowest BCUT2D eigenvalue weighted by Crippen LogP contribution is -2.23. The standard InChI is InChI=1S/C18H35N/c1-2-3-4-5-6-7-8-9-10-11-13-17-14-12-15-18(19)16-17/h13,18H,2-12,14-16,19H2,1H3. The highest BCUT2D eigenvalue weighted by Crippen LogP contribution is 2.23. The van der Waals surface area contributed by atoms with E-state index in [0.717, 1.165) is 6.42 Å². The first-order chi connectivity index (χ1) is 9.33. The van der Waals surface area contributed by atoms with Crippen molar-refractivity contribution >= 4 is 0 Å². The van der Waals surface area contributed by atoms with Gasteiger partial charge in [-0.05, 0) is 38.5 Å². The normalized spacial score (nSPS) is 22.0. The molecular weight excluding hydrogens is 230 g/mol. The van der Waals surface area contributed by atoms with Crippen LogP contribution in [-0.4, -0.2) is 6.04 Å². The van der Waals surface area contributed by atoms with Gasteiger partial charge in [0, 0.05) is 6.04 Å². The lowest BCUT2D eigenvalue weighted by molar-refractivity contribution is 0.514. The Morgan fingerprint density at radius 3 is 2.26 bits per heavy atom. The van der Waals surface area contributed by atoms with Crippen molar-refractivity contribution in [2.24, 2.45) is 5.73 Å². The summed E-state index contributed by atoms with van der Waals surface area (Å²) in [5.74, 6) is 0. The minimum absolute atomic E-state index is 0.447. The summed E-state index contributed by atoms with van der Waals surface area (Å²) in [5.41, 5.74) is 7.64. The van der Waals surface area contributed by atoms with E-state index in [2.05, 4.69) is 13.0 Å². The molecule has 0 aliphatic heterocycles. The minimum atomic E-state index is 0.447. The smallest absolute Gasteiger partial charge is 0.00761 e. The van der Waals surface area contributed by atoms with Crippen molar-refractivity contribution in [2.45, 2.75) is 103 Å². The Hall–Kier alpha value is -0.300. The van der Waals surface area contributed by atoms with Crippen LogP contribution in [-0.2, 0) is 0 Å². The summed E-state index contributed by atoms with van der Waals surface area (Å²) in [6, 6.07) is 0.447. The number of hydrogen-bond acceptors (Lipinski definition) is 1. The molecule has 112 valence electrons. The molecule has 0 aromatic heterocycles.